The van der Waals surface area contributed by atoms with E-state index in [9.17, 15) is 9.18 Å². The fourth-order valence-corrected chi connectivity index (χ4v) is 3.04. The van der Waals surface area contributed by atoms with Crippen LogP contribution in [0.1, 0.15) is 19.3 Å². The van der Waals surface area contributed by atoms with E-state index in [0.717, 1.165) is 25.9 Å². The van der Waals surface area contributed by atoms with Gasteiger partial charge in [0.2, 0.25) is 11.9 Å². The number of imidazole rings is 1. The SMILES string of the molecule is Nc1nc2cc(Br)c(F)cc2n1CCC(=O)N1CCCC1. The van der Waals surface area contributed by atoms with Crippen LogP contribution in [0, 0.1) is 5.82 Å². The van der Waals surface area contributed by atoms with Crippen molar-refractivity contribution in [2.75, 3.05) is 18.8 Å². The molecular formula is C14H16BrFN4O. The van der Waals surface area contributed by atoms with Crippen LogP contribution in [0.15, 0.2) is 16.6 Å². The highest BCUT2D eigenvalue weighted by Gasteiger charge is 2.19. The number of amides is 1. The molecule has 0 atom stereocenters. The zero-order valence-electron chi connectivity index (χ0n) is 11.5. The Kier molecular flexibility index (Phi) is 3.84. The van der Waals surface area contributed by atoms with Gasteiger partial charge in [-0.3, -0.25) is 4.79 Å². The summed E-state index contributed by atoms with van der Waals surface area (Å²) in [4.78, 5) is 18.2. The van der Waals surface area contributed by atoms with E-state index in [0.29, 0.717) is 34.4 Å². The first-order valence-electron chi connectivity index (χ1n) is 6.95. The van der Waals surface area contributed by atoms with E-state index in [1.165, 1.54) is 6.07 Å². The summed E-state index contributed by atoms with van der Waals surface area (Å²) in [6.45, 7) is 2.08. The van der Waals surface area contributed by atoms with Gasteiger partial charge in [-0.15, -0.1) is 0 Å². The summed E-state index contributed by atoms with van der Waals surface area (Å²) in [5, 5.41) is 0. The molecule has 5 nitrogen and oxygen atoms in total. The molecule has 1 aliphatic rings. The number of hydrogen-bond acceptors (Lipinski definition) is 3. The molecule has 0 bridgehead atoms. The van der Waals surface area contributed by atoms with Crippen LogP contribution in [0.2, 0.25) is 0 Å². The Bertz CT molecular complexity index is 694. The van der Waals surface area contributed by atoms with Gasteiger partial charge in [0, 0.05) is 32.1 Å². The lowest BCUT2D eigenvalue weighted by atomic mass is 10.3. The molecule has 1 aromatic heterocycles. The number of anilines is 1. The summed E-state index contributed by atoms with van der Waals surface area (Å²) >= 11 is 3.13. The van der Waals surface area contributed by atoms with Gasteiger partial charge in [0.15, 0.2) is 0 Å². The fraction of sp³-hybridized carbons (Fsp3) is 0.429. The standard InChI is InChI=1S/C14H16BrFN4O/c15-9-7-11-12(8-10(9)16)20(14(17)18-11)6-3-13(21)19-4-1-2-5-19/h7-8H,1-6H2,(H2,17,18). The van der Waals surface area contributed by atoms with Crippen LogP contribution in [0.5, 0.6) is 0 Å². The molecule has 2 heterocycles. The molecule has 1 aliphatic heterocycles. The number of nitrogens with zero attached hydrogens (tertiary/aromatic N) is 3. The second kappa shape index (κ2) is 5.63. The van der Waals surface area contributed by atoms with Crippen molar-refractivity contribution in [3.63, 3.8) is 0 Å². The van der Waals surface area contributed by atoms with Crippen molar-refractivity contribution in [3.8, 4) is 0 Å². The summed E-state index contributed by atoms with van der Waals surface area (Å²) in [5.74, 6) is 0.0533. The van der Waals surface area contributed by atoms with Crippen LogP contribution in [-0.2, 0) is 11.3 Å². The van der Waals surface area contributed by atoms with Gasteiger partial charge in [0.05, 0.1) is 15.5 Å². The Balaban J connectivity index is 1.81. The molecule has 2 aromatic rings. The monoisotopic (exact) mass is 354 g/mol. The molecule has 1 aromatic carbocycles. The third-order valence-electron chi connectivity index (χ3n) is 3.83. The Morgan fingerprint density at radius 2 is 2.10 bits per heavy atom. The highest BCUT2D eigenvalue weighted by molar-refractivity contribution is 9.10. The van der Waals surface area contributed by atoms with E-state index >= 15 is 0 Å². The summed E-state index contributed by atoms with van der Waals surface area (Å²) in [6.07, 6.45) is 2.50. The predicted octanol–water partition coefficient (Wildman–Crippen LogP) is 2.53. The first kappa shape index (κ1) is 14.3. The number of hydrogen-bond donors (Lipinski definition) is 1. The van der Waals surface area contributed by atoms with Gasteiger partial charge in [-0.05, 0) is 34.8 Å². The fourth-order valence-electron chi connectivity index (χ4n) is 2.71. The number of aromatic nitrogens is 2. The molecule has 0 saturated carbocycles. The maximum Gasteiger partial charge on any atom is 0.224 e. The number of carbonyl (C=O) groups excluding carboxylic acids is 1. The Morgan fingerprint density at radius 3 is 2.81 bits per heavy atom. The Morgan fingerprint density at radius 1 is 1.38 bits per heavy atom. The van der Waals surface area contributed by atoms with Gasteiger partial charge in [-0.2, -0.15) is 0 Å². The maximum atomic E-state index is 13.7. The number of carbonyl (C=O) groups is 1. The van der Waals surface area contributed by atoms with Gasteiger partial charge >= 0.3 is 0 Å². The van der Waals surface area contributed by atoms with Crippen LogP contribution in [0.4, 0.5) is 10.3 Å². The molecule has 3 rings (SSSR count). The van der Waals surface area contributed by atoms with Gasteiger partial charge < -0.3 is 15.2 Å². The van der Waals surface area contributed by atoms with Crippen molar-refractivity contribution in [2.45, 2.75) is 25.8 Å². The zero-order chi connectivity index (χ0) is 15.0. The largest absolute Gasteiger partial charge is 0.369 e. The molecule has 2 N–H and O–H groups in total. The topological polar surface area (TPSA) is 64.1 Å². The van der Waals surface area contributed by atoms with E-state index in [4.69, 9.17) is 5.73 Å². The highest BCUT2D eigenvalue weighted by Crippen LogP contribution is 2.25. The van der Waals surface area contributed by atoms with E-state index in [-0.39, 0.29) is 11.7 Å². The van der Waals surface area contributed by atoms with Crippen molar-refractivity contribution >= 4 is 38.8 Å². The number of nitrogens with two attached hydrogens (primary N) is 1. The number of aryl methyl sites for hydroxylation is 1. The lowest BCUT2D eigenvalue weighted by Crippen LogP contribution is -2.28. The number of fused-ring (bicyclic) bond motifs is 1. The molecule has 0 spiro atoms. The highest BCUT2D eigenvalue weighted by atomic mass is 79.9. The molecule has 7 heteroatoms. The predicted molar refractivity (Wildman–Crippen MR) is 82.2 cm³/mol. The second-order valence-corrected chi connectivity index (χ2v) is 6.07. The number of rotatable bonds is 3. The molecular weight excluding hydrogens is 339 g/mol. The Labute approximate surface area is 130 Å². The summed E-state index contributed by atoms with van der Waals surface area (Å²) in [6, 6.07) is 2.99. The van der Waals surface area contributed by atoms with E-state index in [1.807, 2.05) is 4.90 Å². The van der Waals surface area contributed by atoms with Gasteiger partial charge in [-0.25, -0.2) is 9.37 Å². The van der Waals surface area contributed by atoms with Crippen LogP contribution >= 0.6 is 15.9 Å². The average molecular weight is 355 g/mol. The first-order chi connectivity index (χ1) is 10.1. The average Bonchev–Trinajstić information content (AvgIpc) is 3.06. The van der Waals surface area contributed by atoms with E-state index in [2.05, 4.69) is 20.9 Å². The molecule has 0 aliphatic carbocycles. The van der Waals surface area contributed by atoms with E-state index in [1.54, 1.807) is 10.6 Å². The minimum Gasteiger partial charge on any atom is -0.369 e. The number of halogens is 2. The molecule has 1 saturated heterocycles. The first-order valence-corrected chi connectivity index (χ1v) is 7.74. The van der Waals surface area contributed by atoms with Gasteiger partial charge in [0.25, 0.3) is 0 Å². The molecule has 21 heavy (non-hydrogen) atoms. The number of nitrogen functional groups attached to an aromatic ring is 1. The molecule has 0 unspecified atom stereocenters. The summed E-state index contributed by atoms with van der Waals surface area (Å²) in [5.41, 5.74) is 7.12. The summed E-state index contributed by atoms with van der Waals surface area (Å²) in [7, 11) is 0. The normalized spacial score (nSPS) is 15.0. The molecule has 112 valence electrons. The lowest BCUT2D eigenvalue weighted by Gasteiger charge is -2.15. The lowest BCUT2D eigenvalue weighted by molar-refractivity contribution is -0.130. The smallest absolute Gasteiger partial charge is 0.224 e. The van der Waals surface area contributed by atoms with Crippen LogP contribution in [-0.4, -0.2) is 33.4 Å². The van der Waals surface area contributed by atoms with Crippen molar-refractivity contribution in [3.05, 3.63) is 22.4 Å². The number of likely N-dealkylation sites (tertiary alicyclic amines) is 1. The zero-order valence-corrected chi connectivity index (χ0v) is 13.1. The van der Waals surface area contributed by atoms with Crippen molar-refractivity contribution < 1.29 is 9.18 Å². The number of benzene rings is 1. The summed E-state index contributed by atoms with van der Waals surface area (Å²) < 4.78 is 15.7. The van der Waals surface area contributed by atoms with Crippen molar-refractivity contribution in [1.82, 2.24) is 14.5 Å². The quantitative estimate of drug-likeness (QED) is 0.920. The van der Waals surface area contributed by atoms with Gasteiger partial charge in [0.1, 0.15) is 5.82 Å². The third-order valence-corrected chi connectivity index (χ3v) is 4.44. The Hall–Kier alpha value is -1.63. The van der Waals surface area contributed by atoms with Crippen molar-refractivity contribution in [2.24, 2.45) is 0 Å². The minimum absolute atomic E-state index is 0.117. The molecule has 1 amide bonds. The van der Waals surface area contributed by atoms with Gasteiger partial charge in [-0.1, -0.05) is 0 Å². The van der Waals surface area contributed by atoms with Crippen LogP contribution < -0.4 is 5.73 Å². The van der Waals surface area contributed by atoms with Crippen LogP contribution in [0.3, 0.4) is 0 Å². The minimum atomic E-state index is -0.366. The van der Waals surface area contributed by atoms with Crippen LogP contribution in [0.25, 0.3) is 11.0 Å². The van der Waals surface area contributed by atoms with Crippen molar-refractivity contribution in [1.29, 1.82) is 0 Å². The maximum absolute atomic E-state index is 13.7. The molecule has 1 fully saturated rings. The second-order valence-electron chi connectivity index (χ2n) is 5.21. The third kappa shape index (κ3) is 2.74. The van der Waals surface area contributed by atoms with E-state index < -0.39 is 0 Å². The molecule has 0 radical (unpaired) electrons.